The third kappa shape index (κ3) is 1.77. The van der Waals surface area contributed by atoms with Gasteiger partial charge in [-0.2, -0.15) is 10.4 Å². The molecule has 11 heavy (non-hydrogen) atoms. The van der Waals surface area contributed by atoms with Crippen LogP contribution in [0, 0.1) is 11.3 Å². The Labute approximate surface area is 65.1 Å². The summed E-state index contributed by atoms with van der Waals surface area (Å²) in [6.07, 6.45) is 0.758. The smallest absolute Gasteiger partial charge is 0.248 e. The summed E-state index contributed by atoms with van der Waals surface area (Å²) >= 11 is 0. The molecule has 0 aromatic heterocycles. The van der Waals surface area contributed by atoms with Gasteiger partial charge in [0, 0.05) is 5.71 Å². The molecular weight excluding hydrogens is 142 g/mol. The van der Waals surface area contributed by atoms with Crippen LogP contribution in [0.15, 0.2) is 5.10 Å². The summed E-state index contributed by atoms with van der Waals surface area (Å²) in [6, 6.07) is 1.97. The molecule has 0 aliphatic carbocycles. The minimum Gasteiger partial charge on any atom is -0.273 e. The van der Waals surface area contributed by atoms with Gasteiger partial charge in [-0.1, -0.05) is 0 Å². The first-order chi connectivity index (χ1) is 5.24. The molecule has 1 aliphatic rings. The van der Waals surface area contributed by atoms with Crippen LogP contribution in [0.2, 0.25) is 0 Å². The second-order valence-corrected chi connectivity index (χ2v) is 2.44. The van der Waals surface area contributed by atoms with Gasteiger partial charge in [0.15, 0.2) is 0 Å². The Hall–Kier alpha value is -1.37. The number of carbonyl (C=O) groups excluding carboxylic acids is 1. The number of rotatable bonds is 2. The summed E-state index contributed by atoms with van der Waals surface area (Å²) < 4.78 is 0. The lowest BCUT2D eigenvalue weighted by molar-refractivity contribution is -0.128. The first-order valence-corrected chi connectivity index (χ1v) is 3.45. The van der Waals surface area contributed by atoms with E-state index in [1.54, 1.807) is 0 Å². The molecule has 0 fully saturated rings. The zero-order valence-electron chi connectivity index (χ0n) is 6.37. The maximum absolute atomic E-state index is 11.0. The SMILES string of the molecule is CC1=NN(CCC#N)C(=O)C1. The van der Waals surface area contributed by atoms with E-state index in [1.807, 2.05) is 13.0 Å². The van der Waals surface area contributed by atoms with Gasteiger partial charge in [-0.3, -0.25) is 4.79 Å². The quantitative estimate of drug-likeness (QED) is 0.577. The largest absolute Gasteiger partial charge is 0.273 e. The number of hydrazone groups is 1. The highest BCUT2D eigenvalue weighted by Gasteiger charge is 2.19. The highest BCUT2D eigenvalue weighted by Crippen LogP contribution is 2.07. The van der Waals surface area contributed by atoms with Crippen LogP contribution in [-0.4, -0.2) is 23.2 Å². The third-order valence-corrected chi connectivity index (χ3v) is 1.42. The zero-order valence-corrected chi connectivity index (χ0v) is 6.37. The summed E-state index contributed by atoms with van der Waals surface area (Å²) in [5, 5.41) is 13.6. The highest BCUT2D eigenvalue weighted by molar-refractivity contribution is 6.03. The molecule has 0 radical (unpaired) electrons. The van der Waals surface area contributed by atoms with Gasteiger partial charge in [0.05, 0.1) is 25.5 Å². The molecule has 0 spiro atoms. The molecule has 0 N–H and O–H groups in total. The normalized spacial score (nSPS) is 16.5. The van der Waals surface area contributed by atoms with Crippen LogP contribution in [0.1, 0.15) is 19.8 Å². The van der Waals surface area contributed by atoms with Gasteiger partial charge >= 0.3 is 0 Å². The monoisotopic (exact) mass is 151 g/mol. The Kier molecular flexibility index (Phi) is 2.21. The van der Waals surface area contributed by atoms with E-state index in [2.05, 4.69) is 5.10 Å². The maximum Gasteiger partial charge on any atom is 0.248 e. The molecular formula is C7H9N3O. The fourth-order valence-corrected chi connectivity index (χ4v) is 0.938. The number of hydrogen-bond donors (Lipinski definition) is 0. The van der Waals surface area contributed by atoms with Crippen LogP contribution in [0.5, 0.6) is 0 Å². The molecule has 1 rings (SSSR count). The zero-order chi connectivity index (χ0) is 8.27. The van der Waals surface area contributed by atoms with Gasteiger partial charge in [-0.05, 0) is 6.92 Å². The van der Waals surface area contributed by atoms with Gasteiger partial charge < -0.3 is 0 Å². The molecule has 4 nitrogen and oxygen atoms in total. The molecule has 1 amide bonds. The Morgan fingerprint density at radius 3 is 3.00 bits per heavy atom. The van der Waals surface area contributed by atoms with E-state index in [1.165, 1.54) is 5.01 Å². The molecule has 1 heterocycles. The van der Waals surface area contributed by atoms with E-state index in [-0.39, 0.29) is 5.91 Å². The molecule has 0 unspecified atom stereocenters. The standard InChI is InChI=1S/C7H9N3O/c1-6-5-7(11)10(9-6)4-2-3-8/h2,4-5H2,1H3. The van der Waals surface area contributed by atoms with E-state index in [0.29, 0.717) is 19.4 Å². The lowest BCUT2D eigenvalue weighted by Gasteiger charge is -2.07. The predicted octanol–water partition coefficient (Wildman–Crippen LogP) is 0.508. The number of nitrogens with zero attached hydrogens (tertiary/aromatic N) is 3. The van der Waals surface area contributed by atoms with Crippen LogP contribution in [-0.2, 0) is 4.79 Å². The molecule has 4 heteroatoms. The molecule has 0 bridgehead atoms. The van der Waals surface area contributed by atoms with Crippen LogP contribution in [0.25, 0.3) is 0 Å². The second kappa shape index (κ2) is 3.15. The number of amides is 1. The average molecular weight is 151 g/mol. The van der Waals surface area contributed by atoms with Crippen LogP contribution < -0.4 is 0 Å². The van der Waals surface area contributed by atoms with Crippen molar-refractivity contribution in [3.63, 3.8) is 0 Å². The summed E-state index contributed by atoms with van der Waals surface area (Å²) in [6.45, 7) is 2.23. The molecule has 0 aromatic carbocycles. The highest BCUT2D eigenvalue weighted by atomic mass is 16.2. The second-order valence-electron chi connectivity index (χ2n) is 2.44. The van der Waals surface area contributed by atoms with Crippen LogP contribution in [0.3, 0.4) is 0 Å². The van der Waals surface area contributed by atoms with Crippen molar-refractivity contribution in [2.24, 2.45) is 5.10 Å². The fourth-order valence-electron chi connectivity index (χ4n) is 0.938. The first kappa shape index (κ1) is 7.73. The molecule has 0 aromatic rings. The molecule has 0 saturated carbocycles. The molecule has 0 saturated heterocycles. The predicted molar refractivity (Wildman–Crippen MR) is 39.7 cm³/mol. The van der Waals surface area contributed by atoms with E-state index in [9.17, 15) is 4.79 Å². The van der Waals surface area contributed by atoms with E-state index < -0.39 is 0 Å². The lowest BCUT2D eigenvalue weighted by atomic mass is 10.3. The molecule has 0 atom stereocenters. The Balaban J connectivity index is 2.47. The van der Waals surface area contributed by atoms with Crippen molar-refractivity contribution in [1.29, 1.82) is 5.26 Å². The van der Waals surface area contributed by atoms with E-state index >= 15 is 0 Å². The summed E-state index contributed by atoms with van der Waals surface area (Å²) in [7, 11) is 0. The van der Waals surface area contributed by atoms with Gasteiger partial charge in [-0.25, -0.2) is 5.01 Å². The maximum atomic E-state index is 11.0. The van der Waals surface area contributed by atoms with Crippen LogP contribution in [0.4, 0.5) is 0 Å². The van der Waals surface area contributed by atoms with Crippen molar-refractivity contribution in [3.8, 4) is 6.07 Å². The van der Waals surface area contributed by atoms with Crippen molar-refractivity contribution in [2.75, 3.05) is 6.54 Å². The van der Waals surface area contributed by atoms with Gasteiger partial charge in [0.25, 0.3) is 0 Å². The average Bonchev–Trinajstić information content (AvgIpc) is 2.26. The fraction of sp³-hybridized carbons (Fsp3) is 0.571. The first-order valence-electron chi connectivity index (χ1n) is 3.45. The van der Waals surface area contributed by atoms with Crippen molar-refractivity contribution >= 4 is 11.6 Å². The van der Waals surface area contributed by atoms with Crippen LogP contribution >= 0.6 is 0 Å². The minimum atomic E-state index is -0.00208. The third-order valence-electron chi connectivity index (χ3n) is 1.42. The molecule has 58 valence electrons. The number of nitriles is 1. The Morgan fingerprint density at radius 1 is 1.82 bits per heavy atom. The Morgan fingerprint density at radius 2 is 2.55 bits per heavy atom. The van der Waals surface area contributed by atoms with Crippen molar-refractivity contribution < 1.29 is 4.79 Å². The summed E-state index contributed by atoms with van der Waals surface area (Å²) in [5.74, 6) is -0.00208. The van der Waals surface area contributed by atoms with Crippen molar-refractivity contribution in [3.05, 3.63) is 0 Å². The Bertz CT molecular complexity index is 239. The number of hydrogen-bond acceptors (Lipinski definition) is 3. The van der Waals surface area contributed by atoms with Crippen molar-refractivity contribution in [1.82, 2.24) is 5.01 Å². The summed E-state index contributed by atoms with van der Waals surface area (Å²) in [5.41, 5.74) is 0.827. The van der Waals surface area contributed by atoms with Crippen molar-refractivity contribution in [2.45, 2.75) is 19.8 Å². The van der Waals surface area contributed by atoms with Gasteiger partial charge in [0.1, 0.15) is 0 Å². The lowest BCUT2D eigenvalue weighted by Crippen LogP contribution is -2.21. The van der Waals surface area contributed by atoms with Gasteiger partial charge in [-0.15, -0.1) is 0 Å². The minimum absolute atomic E-state index is 0.00208. The topological polar surface area (TPSA) is 56.5 Å². The summed E-state index contributed by atoms with van der Waals surface area (Å²) in [4.78, 5) is 11.0. The van der Waals surface area contributed by atoms with E-state index in [0.717, 1.165) is 5.71 Å². The molecule has 1 aliphatic heterocycles. The van der Waals surface area contributed by atoms with E-state index in [4.69, 9.17) is 5.26 Å². The number of carbonyl (C=O) groups is 1. The van der Waals surface area contributed by atoms with Gasteiger partial charge in [0.2, 0.25) is 5.91 Å².